The van der Waals surface area contributed by atoms with Crippen molar-refractivity contribution in [2.24, 2.45) is 0 Å². The first kappa shape index (κ1) is 13.0. The third-order valence-electron chi connectivity index (χ3n) is 3.00. The van der Waals surface area contributed by atoms with Crippen LogP contribution in [0.4, 0.5) is 0 Å². The van der Waals surface area contributed by atoms with Crippen molar-refractivity contribution in [3.63, 3.8) is 0 Å². The predicted molar refractivity (Wildman–Crippen MR) is 81.5 cm³/mol. The van der Waals surface area contributed by atoms with E-state index in [9.17, 15) is 0 Å². The summed E-state index contributed by atoms with van der Waals surface area (Å²) in [5.41, 5.74) is 0.715. The van der Waals surface area contributed by atoms with Crippen LogP contribution in [0.5, 0.6) is 0 Å². The first-order valence-corrected chi connectivity index (χ1v) is 7.42. The molecule has 2 heterocycles. The zero-order chi connectivity index (χ0) is 13.4. The molecule has 2 nitrogen and oxygen atoms in total. The minimum absolute atomic E-state index is 0.0593. The molecule has 5 heteroatoms. The second-order valence-electron chi connectivity index (χ2n) is 4.16. The molecule has 2 aromatic heterocycles. The third-order valence-corrected chi connectivity index (χ3v) is 4.72. The summed E-state index contributed by atoms with van der Waals surface area (Å²) in [7, 11) is 1.88. The Hall–Kier alpha value is -1.00. The second-order valence-corrected chi connectivity index (χ2v) is 5.92. The molecule has 0 aliphatic carbocycles. The lowest BCUT2D eigenvalue weighted by atomic mass is 10.1. The van der Waals surface area contributed by atoms with Gasteiger partial charge in [0, 0.05) is 10.3 Å². The highest BCUT2D eigenvalue weighted by molar-refractivity contribution is 7.10. The third kappa shape index (κ3) is 2.28. The Morgan fingerprint density at radius 1 is 1.21 bits per heavy atom. The summed E-state index contributed by atoms with van der Waals surface area (Å²) in [4.78, 5) is 1.04. The Kier molecular flexibility index (Phi) is 3.54. The molecule has 1 N–H and O–H groups in total. The van der Waals surface area contributed by atoms with Gasteiger partial charge in [-0.3, -0.25) is 0 Å². The Bertz CT molecular complexity index is 719. The Morgan fingerprint density at radius 3 is 2.68 bits per heavy atom. The molecule has 0 spiro atoms. The minimum atomic E-state index is -0.0593. The average molecular weight is 312 g/mol. The van der Waals surface area contributed by atoms with E-state index in [0.717, 1.165) is 21.0 Å². The van der Waals surface area contributed by atoms with E-state index in [-0.39, 0.29) is 6.04 Å². The van der Waals surface area contributed by atoms with Crippen LogP contribution in [0.1, 0.15) is 16.7 Å². The van der Waals surface area contributed by atoms with Gasteiger partial charge < -0.3 is 9.73 Å². The zero-order valence-electron chi connectivity index (χ0n) is 10.1. The first-order chi connectivity index (χ1) is 9.20. The van der Waals surface area contributed by atoms with E-state index in [2.05, 4.69) is 5.32 Å². The summed E-state index contributed by atoms with van der Waals surface area (Å²) in [6.07, 6.45) is 0. The molecule has 3 aromatic rings. The van der Waals surface area contributed by atoms with Gasteiger partial charge in [0.2, 0.25) is 0 Å². The molecule has 3 rings (SSSR count). The van der Waals surface area contributed by atoms with Gasteiger partial charge in [-0.1, -0.05) is 35.3 Å². The maximum atomic E-state index is 6.20. The van der Waals surface area contributed by atoms with E-state index < -0.39 is 0 Å². The van der Waals surface area contributed by atoms with Crippen molar-refractivity contribution < 1.29 is 4.42 Å². The van der Waals surface area contributed by atoms with Gasteiger partial charge in [-0.15, -0.1) is 11.3 Å². The van der Waals surface area contributed by atoms with Crippen molar-refractivity contribution in [2.75, 3.05) is 7.05 Å². The molecule has 1 unspecified atom stereocenters. The van der Waals surface area contributed by atoms with Crippen LogP contribution in [0.3, 0.4) is 0 Å². The highest BCUT2D eigenvalue weighted by atomic mass is 35.5. The van der Waals surface area contributed by atoms with Crippen molar-refractivity contribution in [3.05, 3.63) is 56.4 Å². The van der Waals surface area contributed by atoms with Gasteiger partial charge >= 0.3 is 0 Å². The van der Waals surface area contributed by atoms with Crippen LogP contribution < -0.4 is 5.32 Å². The van der Waals surface area contributed by atoms with Crippen LogP contribution in [0.15, 0.2) is 40.1 Å². The summed E-state index contributed by atoms with van der Waals surface area (Å²) in [6.45, 7) is 0. The van der Waals surface area contributed by atoms with Crippen molar-refractivity contribution >= 4 is 45.5 Å². The Morgan fingerprint density at radius 2 is 2.05 bits per heavy atom. The fourth-order valence-electron chi connectivity index (χ4n) is 2.10. The molecule has 98 valence electrons. The quantitative estimate of drug-likeness (QED) is 0.727. The zero-order valence-corrected chi connectivity index (χ0v) is 12.4. The summed E-state index contributed by atoms with van der Waals surface area (Å²) >= 11 is 13.9. The van der Waals surface area contributed by atoms with Crippen LogP contribution in [-0.2, 0) is 0 Å². The number of benzene rings is 1. The van der Waals surface area contributed by atoms with Crippen molar-refractivity contribution in [1.82, 2.24) is 5.32 Å². The average Bonchev–Trinajstić information content (AvgIpc) is 2.99. The van der Waals surface area contributed by atoms with Crippen molar-refractivity contribution in [3.8, 4) is 0 Å². The monoisotopic (exact) mass is 311 g/mol. The lowest BCUT2D eigenvalue weighted by Crippen LogP contribution is -2.15. The Labute approximate surface area is 124 Å². The molecule has 0 bridgehead atoms. The van der Waals surface area contributed by atoms with Gasteiger partial charge in [-0.2, -0.15) is 0 Å². The van der Waals surface area contributed by atoms with Gasteiger partial charge in [0.05, 0.1) is 10.0 Å². The number of fused-ring (bicyclic) bond motifs is 1. The van der Waals surface area contributed by atoms with Gasteiger partial charge in [0.15, 0.2) is 5.58 Å². The Balaban J connectivity index is 2.12. The number of halogens is 2. The number of rotatable bonds is 3. The molecule has 19 heavy (non-hydrogen) atoms. The molecule has 0 radical (unpaired) electrons. The lowest BCUT2D eigenvalue weighted by Gasteiger charge is -2.12. The normalized spacial score (nSPS) is 13.0. The molecular formula is C14H11Cl2NOS. The summed E-state index contributed by atoms with van der Waals surface area (Å²) in [5.74, 6) is 0.815. The summed E-state index contributed by atoms with van der Waals surface area (Å²) < 4.78 is 5.88. The molecule has 0 saturated carbocycles. The number of furan rings is 1. The highest BCUT2D eigenvalue weighted by Gasteiger charge is 2.21. The van der Waals surface area contributed by atoms with E-state index in [4.69, 9.17) is 27.6 Å². The van der Waals surface area contributed by atoms with E-state index in [1.165, 1.54) is 0 Å². The molecule has 0 fully saturated rings. The SMILES string of the molecule is CNC(c1cc2cccc(Cl)c2o1)c1sccc1Cl. The maximum absolute atomic E-state index is 6.20. The van der Waals surface area contributed by atoms with Crippen molar-refractivity contribution in [1.29, 1.82) is 0 Å². The van der Waals surface area contributed by atoms with E-state index in [0.29, 0.717) is 10.6 Å². The molecule has 1 aromatic carbocycles. The van der Waals surface area contributed by atoms with Gasteiger partial charge in [-0.25, -0.2) is 0 Å². The molecular weight excluding hydrogens is 301 g/mol. The van der Waals surface area contributed by atoms with Crippen LogP contribution in [-0.4, -0.2) is 7.05 Å². The molecule has 0 amide bonds. The maximum Gasteiger partial charge on any atom is 0.152 e. The first-order valence-electron chi connectivity index (χ1n) is 5.79. The number of hydrogen-bond donors (Lipinski definition) is 1. The predicted octanol–water partition coefficient (Wildman–Crippen LogP) is 5.11. The highest BCUT2D eigenvalue weighted by Crippen LogP contribution is 2.36. The molecule has 0 aliphatic rings. The fourth-order valence-corrected chi connectivity index (χ4v) is 3.61. The summed E-state index contributed by atoms with van der Waals surface area (Å²) in [6, 6.07) is 9.55. The minimum Gasteiger partial charge on any atom is -0.457 e. The fraction of sp³-hybridized carbons (Fsp3) is 0.143. The van der Waals surface area contributed by atoms with E-state index >= 15 is 0 Å². The molecule has 1 atom stereocenters. The number of para-hydroxylation sites is 1. The van der Waals surface area contributed by atoms with E-state index in [1.807, 2.05) is 42.8 Å². The number of thiophene rings is 1. The van der Waals surface area contributed by atoms with Crippen LogP contribution in [0.25, 0.3) is 11.0 Å². The number of hydrogen-bond acceptors (Lipinski definition) is 3. The smallest absolute Gasteiger partial charge is 0.152 e. The second kappa shape index (κ2) is 5.17. The topological polar surface area (TPSA) is 25.2 Å². The summed E-state index contributed by atoms with van der Waals surface area (Å²) in [5, 5.41) is 7.56. The standard InChI is InChI=1S/C14H11Cl2NOS/c1-17-12(14-10(16)5-6-19-14)11-7-8-3-2-4-9(15)13(8)18-11/h2-7,12,17H,1H3. The van der Waals surface area contributed by atoms with Crippen LogP contribution >= 0.6 is 34.5 Å². The van der Waals surface area contributed by atoms with Crippen LogP contribution in [0, 0.1) is 0 Å². The lowest BCUT2D eigenvalue weighted by molar-refractivity contribution is 0.495. The molecule has 0 saturated heterocycles. The molecule has 0 aliphatic heterocycles. The van der Waals surface area contributed by atoms with E-state index in [1.54, 1.807) is 11.3 Å². The van der Waals surface area contributed by atoms with Gasteiger partial charge in [0.25, 0.3) is 0 Å². The number of nitrogens with one attached hydrogen (secondary N) is 1. The van der Waals surface area contributed by atoms with Crippen LogP contribution in [0.2, 0.25) is 10.0 Å². The largest absolute Gasteiger partial charge is 0.457 e. The van der Waals surface area contributed by atoms with Gasteiger partial charge in [0.1, 0.15) is 11.8 Å². The van der Waals surface area contributed by atoms with Crippen molar-refractivity contribution in [2.45, 2.75) is 6.04 Å². The van der Waals surface area contributed by atoms with Gasteiger partial charge in [-0.05, 0) is 30.6 Å².